The third-order valence-corrected chi connectivity index (χ3v) is 4.16. The highest BCUT2D eigenvalue weighted by molar-refractivity contribution is 5.53. The number of nitro groups is 2. The molecule has 1 fully saturated rings. The van der Waals surface area contributed by atoms with Crippen LogP contribution in [0, 0.1) is 25.4 Å². The molecule has 1 aliphatic carbocycles. The first-order valence-electron chi connectivity index (χ1n) is 6.76. The highest BCUT2D eigenvalue weighted by Gasteiger charge is 2.47. The van der Waals surface area contributed by atoms with Gasteiger partial charge in [-0.3, -0.25) is 20.2 Å². The Labute approximate surface area is 122 Å². The molecule has 0 saturated heterocycles. The van der Waals surface area contributed by atoms with Crippen molar-refractivity contribution >= 4 is 11.4 Å². The van der Waals surface area contributed by atoms with Crippen LogP contribution in [0.5, 0.6) is 5.75 Å². The van der Waals surface area contributed by atoms with Gasteiger partial charge in [-0.05, 0) is 12.8 Å². The summed E-state index contributed by atoms with van der Waals surface area (Å²) in [5.41, 5.74) is -2.70. The van der Waals surface area contributed by atoms with Crippen molar-refractivity contribution in [1.29, 1.82) is 0 Å². The fourth-order valence-electron chi connectivity index (χ4n) is 3.10. The van der Waals surface area contributed by atoms with Crippen molar-refractivity contribution < 1.29 is 15.0 Å². The quantitative estimate of drug-likeness (QED) is 0.364. The summed E-state index contributed by atoms with van der Waals surface area (Å²) in [4.78, 5) is 24.5. The topological polar surface area (TPSA) is 145 Å². The van der Waals surface area contributed by atoms with Crippen molar-refractivity contribution in [2.45, 2.75) is 37.8 Å². The zero-order valence-corrected chi connectivity index (χ0v) is 11.4. The zero-order valence-electron chi connectivity index (χ0n) is 11.4. The van der Waals surface area contributed by atoms with E-state index in [0.717, 1.165) is 19.3 Å². The first-order chi connectivity index (χ1) is 10.4. The zero-order chi connectivity index (χ0) is 16.1. The third kappa shape index (κ3) is 1.80. The maximum Gasteiger partial charge on any atom is 0.324 e. The number of phenolic OH excluding ortho intramolecular Hbond substituents is 1. The summed E-state index contributed by atoms with van der Waals surface area (Å²) < 4.78 is 0.414. The Morgan fingerprint density at radius 3 is 2.27 bits per heavy atom. The van der Waals surface area contributed by atoms with Gasteiger partial charge in [0.15, 0.2) is 0 Å². The Bertz CT molecular complexity index is 812. The van der Waals surface area contributed by atoms with Crippen molar-refractivity contribution in [1.82, 2.24) is 4.74 Å². The van der Waals surface area contributed by atoms with Crippen LogP contribution in [0.4, 0.5) is 11.4 Å². The standard InChI is InChI=1S/C12H12N4O6/c17-11-8(16(21)22)6-7(15(19)20)9-10(11)14(18)12(13-9)4-2-1-3-5-12/h6,17H,1-5H2. The number of fused-ring (bicyclic) bond motifs is 1. The number of phenols is 1. The molecule has 0 radical (unpaired) electrons. The van der Waals surface area contributed by atoms with Gasteiger partial charge in [0, 0.05) is 12.8 Å². The highest BCUT2D eigenvalue weighted by Crippen LogP contribution is 2.34. The lowest BCUT2D eigenvalue weighted by Gasteiger charge is -2.28. The maximum absolute atomic E-state index is 12.6. The summed E-state index contributed by atoms with van der Waals surface area (Å²) >= 11 is 0. The summed E-state index contributed by atoms with van der Waals surface area (Å²) in [7, 11) is 0. The van der Waals surface area contributed by atoms with E-state index >= 15 is 0 Å². The van der Waals surface area contributed by atoms with Gasteiger partial charge in [0.1, 0.15) is 6.07 Å². The van der Waals surface area contributed by atoms with Gasteiger partial charge in [-0.2, -0.15) is 9.73 Å². The second-order valence-corrected chi connectivity index (χ2v) is 5.42. The van der Waals surface area contributed by atoms with Crippen LogP contribution in [0.15, 0.2) is 11.1 Å². The van der Waals surface area contributed by atoms with E-state index in [2.05, 4.69) is 4.99 Å². The molecular formula is C12H12N4O6. The normalized spacial score (nSPS) is 18.8. The number of benzene rings is 1. The smallest absolute Gasteiger partial charge is 0.324 e. The number of aromatic hydroxyl groups is 1. The second-order valence-electron chi connectivity index (χ2n) is 5.42. The fourth-order valence-corrected chi connectivity index (χ4v) is 3.10. The fraction of sp³-hybridized carbons (Fsp3) is 0.500. The molecule has 10 heteroatoms. The predicted molar refractivity (Wildman–Crippen MR) is 72.6 cm³/mol. The number of hydroxylamine groups is 1. The van der Waals surface area contributed by atoms with Crippen LogP contribution >= 0.6 is 0 Å². The van der Waals surface area contributed by atoms with Gasteiger partial charge in [0.05, 0.1) is 9.85 Å². The van der Waals surface area contributed by atoms with Crippen molar-refractivity contribution in [3.63, 3.8) is 0 Å². The molecule has 10 nitrogen and oxygen atoms in total. The molecule has 0 unspecified atom stereocenters. The van der Waals surface area contributed by atoms with Crippen molar-refractivity contribution in [3.8, 4) is 5.75 Å². The minimum atomic E-state index is -1.20. The Hall–Kier alpha value is -2.78. The van der Waals surface area contributed by atoms with Gasteiger partial charge in [-0.1, -0.05) is 6.42 Å². The van der Waals surface area contributed by atoms with E-state index in [1.54, 1.807) is 0 Å². The maximum atomic E-state index is 12.6. The monoisotopic (exact) mass is 308 g/mol. The molecule has 1 aromatic carbocycles. The molecule has 0 amide bonds. The molecule has 0 aromatic heterocycles. The van der Waals surface area contributed by atoms with E-state index in [1.165, 1.54) is 0 Å². The summed E-state index contributed by atoms with van der Waals surface area (Å²) in [5, 5.41) is 43.9. The average molecular weight is 308 g/mol. The van der Waals surface area contributed by atoms with Gasteiger partial charge in [-0.15, -0.1) is 0 Å². The first-order valence-corrected chi connectivity index (χ1v) is 6.76. The van der Waals surface area contributed by atoms with Gasteiger partial charge in [0.2, 0.25) is 5.36 Å². The average Bonchev–Trinajstić information content (AvgIpc) is 2.73. The van der Waals surface area contributed by atoms with Crippen LogP contribution in [0.25, 0.3) is 0 Å². The summed E-state index contributed by atoms with van der Waals surface area (Å²) in [5.74, 6) is -0.869. The number of non-ortho nitro benzene ring substituents is 1. The summed E-state index contributed by atoms with van der Waals surface area (Å²) in [6.45, 7) is 0. The molecular weight excluding hydrogens is 296 g/mol. The number of hydrogen-bond donors (Lipinski definition) is 1. The molecule has 0 atom stereocenters. The van der Waals surface area contributed by atoms with E-state index in [1.807, 2.05) is 0 Å². The Morgan fingerprint density at radius 2 is 1.73 bits per heavy atom. The number of rotatable bonds is 2. The number of nitrogens with zero attached hydrogens (tertiary/aromatic N) is 4. The van der Waals surface area contributed by atoms with Crippen LogP contribution in [0.1, 0.15) is 32.1 Å². The van der Waals surface area contributed by atoms with Gasteiger partial charge >= 0.3 is 11.4 Å². The molecule has 1 N–H and O–H groups in total. The largest absolute Gasteiger partial charge is 0.621 e. The van der Waals surface area contributed by atoms with E-state index in [-0.39, 0.29) is 5.36 Å². The lowest BCUT2D eigenvalue weighted by atomic mass is 9.90. The van der Waals surface area contributed by atoms with E-state index in [9.17, 15) is 30.5 Å². The van der Waals surface area contributed by atoms with Gasteiger partial charge in [0.25, 0.3) is 16.8 Å². The molecule has 22 heavy (non-hydrogen) atoms. The molecule has 1 aromatic rings. The second kappa shape index (κ2) is 4.61. The van der Waals surface area contributed by atoms with Crippen molar-refractivity contribution in [3.05, 3.63) is 42.2 Å². The van der Waals surface area contributed by atoms with Crippen LogP contribution in [-0.2, 0) is 0 Å². The summed E-state index contributed by atoms with van der Waals surface area (Å²) in [6.07, 6.45) is 3.18. The number of nitro benzene ring substituents is 2. The van der Waals surface area contributed by atoms with Crippen LogP contribution in [-0.4, -0.2) is 20.6 Å². The van der Waals surface area contributed by atoms with E-state index in [4.69, 9.17) is 0 Å². The molecule has 116 valence electrons. The lowest BCUT2D eigenvalue weighted by Crippen LogP contribution is -2.44. The summed E-state index contributed by atoms with van der Waals surface area (Å²) in [6, 6.07) is 0.646. The first kappa shape index (κ1) is 14.2. The molecule has 0 bridgehead atoms. The Kier molecular flexibility index (Phi) is 2.97. The lowest BCUT2D eigenvalue weighted by molar-refractivity contribution is -0.395. The van der Waals surface area contributed by atoms with E-state index < -0.39 is 38.0 Å². The number of hydrogen-bond acceptors (Lipinski definition) is 7. The SMILES string of the molecule is O=[N+]([O-])c1cc([N+](=O)[O-])c2c(c1O)=[N+]([O-])C1(CCCCC1)N=2. The van der Waals surface area contributed by atoms with Crippen LogP contribution < -0.4 is 15.5 Å². The molecule has 3 rings (SSSR count). The molecule has 1 heterocycles. The minimum absolute atomic E-state index is 0.273. The van der Waals surface area contributed by atoms with E-state index in [0.29, 0.717) is 23.6 Å². The predicted octanol–water partition coefficient (Wildman–Crippen LogP) is 0.491. The van der Waals surface area contributed by atoms with Crippen LogP contribution in [0.3, 0.4) is 0 Å². The van der Waals surface area contributed by atoms with Gasteiger partial charge < -0.3 is 10.3 Å². The molecule has 2 aliphatic rings. The third-order valence-electron chi connectivity index (χ3n) is 4.16. The Balaban J connectivity index is 2.41. The molecule has 1 spiro atoms. The molecule has 1 saturated carbocycles. The van der Waals surface area contributed by atoms with Crippen molar-refractivity contribution in [2.24, 2.45) is 4.99 Å². The molecule has 1 aliphatic heterocycles. The minimum Gasteiger partial charge on any atom is -0.621 e. The van der Waals surface area contributed by atoms with Gasteiger partial charge in [-0.25, -0.2) is 0 Å². The Morgan fingerprint density at radius 1 is 1.14 bits per heavy atom. The highest BCUT2D eigenvalue weighted by atomic mass is 16.6. The van der Waals surface area contributed by atoms with Crippen LogP contribution in [0.2, 0.25) is 0 Å². The van der Waals surface area contributed by atoms with Crippen molar-refractivity contribution in [2.75, 3.05) is 0 Å².